The van der Waals surface area contributed by atoms with Crippen molar-refractivity contribution in [2.75, 3.05) is 0 Å². The molecule has 0 bridgehead atoms. The number of aliphatic carboxylic acids is 1. The number of nitrogens with one attached hydrogen (secondary N) is 1. The van der Waals surface area contributed by atoms with Crippen LogP contribution in [-0.2, 0) is 4.79 Å². The monoisotopic (exact) mass is 353 g/mol. The third-order valence-electron chi connectivity index (χ3n) is 3.48. The summed E-state index contributed by atoms with van der Waals surface area (Å²) < 4.78 is 29.3. The fourth-order valence-corrected chi connectivity index (χ4v) is 2.12. The lowest BCUT2D eigenvalue weighted by Gasteiger charge is -2.14. The number of carboxylic acids is 1. The molecule has 1 aromatic carbocycles. The van der Waals surface area contributed by atoms with Gasteiger partial charge in [-0.2, -0.15) is 13.8 Å². The average molecular weight is 353 g/mol. The van der Waals surface area contributed by atoms with Gasteiger partial charge in [0.1, 0.15) is 6.04 Å². The molecule has 1 heterocycles. The summed E-state index contributed by atoms with van der Waals surface area (Å²) in [4.78, 5) is 26.9. The van der Waals surface area contributed by atoms with E-state index in [-0.39, 0.29) is 11.4 Å². The van der Waals surface area contributed by atoms with Gasteiger partial charge in [0, 0.05) is 11.1 Å². The predicted octanol–water partition coefficient (Wildman–Crippen LogP) is 3.05. The molecule has 0 aliphatic carbocycles. The number of carbonyl (C=O) groups excluding carboxylic acids is 1. The van der Waals surface area contributed by atoms with Crippen molar-refractivity contribution < 1.29 is 28.0 Å². The summed E-state index contributed by atoms with van der Waals surface area (Å²) in [7, 11) is 0. The Labute approximate surface area is 142 Å². The Morgan fingerprint density at radius 2 is 1.96 bits per heavy atom. The van der Waals surface area contributed by atoms with E-state index in [1.54, 1.807) is 0 Å². The van der Waals surface area contributed by atoms with E-state index in [9.17, 15) is 18.4 Å². The number of halogens is 2. The number of carboxylic acid groups (broad SMARTS) is 1. The van der Waals surface area contributed by atoms with Crippen molar-refractivity contribution in [3.8, 4) is 11.4 Å². The van der Waals surface area contributed by atoms with Crippen molar-refractivity contribution in [2.24, 2.45) is 0 Å². The van der Waals surface area contributed by atoms with E-state index in [0.717, 1.165) is 6.42 Å². The predicted molar refractivity (Wildman–Crippen MR) is 83.1 cm³/mol. The highest BCUT2D eigenvalue weighted by Crippen LogP contribution is 2.21. The van der Waals surface area contributed by atoms with Crippen LogP contribution in [-0.4, -0.2) is 33.2 Å². The van der Waals surface area contributed by atoms with Gasteiger partial charge < -0.3 is 14.9 Å². The first-order chi connectivity index (χ1) is 11.9. The second-order valence-electron chi connectivity index (χ2n) is 5.34. The molecule has 0 aliphatic heterocycles. The van der Waals surface area contributed by atoms with Gasteiger partial charge in [-0.15, -0.1) is 0 Å². The number of rotatable bonds is 8. The summed E-state index contributed by atoms with van der Waals surface area (Å²) in [5, 5.41) is 15.0. The minimum absolute atomic E-state index is 0.0198. The summed E-state index contributed by atoms with van der Waals surface area (Å²) in [5.74, 6) is -2.42. The van der Waals surface area contributed by atoms with E-state index in [4.69, 9.17) is 5.11 Å². The number of nitrogens with zero attached hydrogens (tertiary/aromatic N) is 2. The zero-order chi connectivity index (χ0) is 18.4. The Hall–Kier alpha value is -2.84. The van der Waals surface area contributed by atoms with Gasteiger partial charge in [0.2, 0.25) is 5.82 Å². The van der Waals surface area contributed by atoms with Crippen molar-refractivity contribution in [1.29, 1.82) is 0 Å². The summed E-state index contributed by atoms with van der Waals surface area (Å²) in [6, 6.07) is 4.84. The molecule has 0 radical (unpaired) electrons. The van der Waals surface area contributed by atoms with Crippen LogP contribution in [0.25, 0.3) is 11.4 Å². The zero-order valence-corrected chi connectivity index (χ0v) is 13.4. The van der Waals surface area contributed by atoms with Gasteiger partial charge in [-0.25, -0.2) is 4.79 Å². The van der Waals surface area contributed by atoms with Crippen molar-refractivity contribution in [1.82, 2.24) is 15.5 Å². The molecule has 0 saturated carbocycles. The van der Waals surface area contributed by atoms with Crippen LogP contribution in [0.4, 0.5) is 8.78 Å². The molecule has 1 amide bonds. The maximum absolute atomic E-state index is 12.4. The first-order valence-corrected chi connectivity index (χ1v) is 7.68. The number of carbonyl (C=O) groups is 2. The molecule has 0 saturated heterocycles. The summed E-state index contributed by atoms with van der Waals surface area (Å²) in [6.45, 7) is 1.93. The van der Waals surface area contributed by atoms with Gasteiger partial charge in [0.15, 0.2) is 0 Å². The third-order valence-corrected chi connectivity index (χ3v) is 3.48. The van der Waals surface area contributed by atoms with Gasteiger partial charge >= 0.3 is 12.4 Å². The van der Waals surface area contributed by atoms with E-state index in [2.05, 4.69) is 20.0 Å². The molecule has 0 spiro atoms. The Bertz CT molecular complexity index is 731. The number of amides is 1. The fraction of sp³-hybridized carbons (Fsp3) is 0.375. The van der Waals surface area contributed by atoms with Crippen LogP contribution in [0.2, 0.25) is 0 Å². The molecule has 2 rings (SSSR count). The fourth-order valence-electron chi connectivity index (χ4n) is 2.12. The van der Waals surface area contributed by atoms with Gasteiger partial charge in [-0.1, -0.05) is 37.1 Å². The second-order valence-corrected chi connectivity index (χ2v) is 5.34. The van der Waals surface area contributed by atoms with Crippen LogP contribution in [0.15, 0.2) is 28.8 Å². The van der Waals surface area contributed by atoms with E-state index >= 15 is 0 Å². The summed E-state index contributed by atoms with van der Waals surface area (Å²) in [5.41, 5.74) is 0.636. The molecular weight excluding hydrogens is 336 g/mol. The zero-order valence-electron chi connectivity index (χ0n) is 13.4. The molecule has 0 aliphatic rings. The van der Waals surface area contributed by atoms with Crippen LogP contribution in [0.3, 0.4) is 0 Å². The van der Waals surface area contributed by atoms with Crippen LogP contribution < -0.4 is 5.32 Å². The highest BCUT2D eigenvalue weighted by atomic mass is 19.3. The molecule has 9 heteroatoms. The van der Waals surface area contributed by atoms with Crippen LogP contribution >= 0.6 is 0 Å². The molecule has 134 valence electrons. The Morgan fingerprint density at radius 3 is 2.48 bits per heavy atom. The molecule has 1 aromatic heterocycles. The maximum atomic E-state index is 12.4. The molecule has 0 unspecified atom stereocenters. The lowest BCUT2D eigenvalue weighted by Crippen LogP contribution is -2.40. The quantitative estimate of drug-likeness (QED) is 0.756. The average Bonchev–Trinajstić information content (AvgIpc) is 3.08. The van der Waals surface area contributed by atoms with Crippen molar-refractivity contribution in [3.63, 3.8) is 0 Å². The number of aromatic nitrogens is 2. The van der Waals surface area contributed by atoms with Crippen molar-refractivity contribution in [2.45, 2.75) is 38.7 Å². The minimum Gasteiger partial charge on any atom is -0.480 e. The molecule has 0 fully saturated rings. The van der Waals surface area contributed by atoms with E-state index in [1.165, 1.54) is 24.3 Å². The smallest absolute Gasteiger partial charge is 0.326 e. The lowest BCUT2D eigenvalue weighted by molar-refractivity contribution is -0.139. The number of unbranched alkanes of at least 4 members (excludes halogenated alkanes) is 1. The van der Waals surface area contributed by atoms with Crippen LogP contribution in [0.5, 0.6) is 0 Å². The third kappa shape index (κ3) is 4.82. The largest absolute Gasteiger partial charge is 0.480 e. The normalized spacial score (nSPS) is 12.2. The standard InChI is InChI=1S/C16H17F2N3O4/c1-2-3-4-11(16(23)24)19-14(22)10-7-5-9(6-8-10)13-20-15(12(17)18)25-21-13/h5-8,11-12H,2-4H2,1H3,(H,19,22)(H,23,24)/t11-/m0/s1. The number of alkyl halides is 2. The summed E-state index contributed by atoms with van der Waals surface area (Å²) in [6.07, 6.45) is -1.02. The SMILES string of the molecule is CCCC[C@H](NC(=O)c1ccc(-c2noc(C(F)F)n2)cc1)C(=O)O. The number of hydrogen-bond acceptors (Lipinski definition) is 5. The maximum Gasteiger partial charge on any atom is 0.326 e. The number of benzene rings is 1. The molecule has 25 heavy (non-hydrogen) atoms. The molecular formula is C16H17F2N3O4. The Morgan fingerprint density at radius 1 is 1.28 bits per heavy atom. The molecule has 7 nitrogen and oxygen atoms in total. The minimum atomic E-state index is -2.86. The first-order valence-electron chi connectivity index (χ1n) is 7.68. The molecule has 1 atom stereocenters. The lowest BCUT2D eigenvalue weighted by atomic mass is 10.1. The molecule has 2 N–H and O–H groups in total. The Balaban J connectivity index is 2.07. The van der Waals surface area contributed by atoms with Gasteiger partial charge in [-0.05, 0) is 18.6 Å². The van der Waals surface area contributed by atoms with E-state index in [1.807, 2.05) is 6.92 Å². The number of hydrogen-bond donors (Lipinski definition) is 2. The van der Waals surface area contributed by atoms with Gasteiger partial charge in [0.05, 0.1) is 0 Å². The van der Waals surface area contributed by atoms with Crippen LogP contribution in [0.1, 0.15) is 48.9 Å². The topological polar surface area (TPSA) is 105 Å². The van der Waals surface area contributed by atoms with Crippen molar-refractivity contribution >= 4 is 11.9 Å². The van der Waals surface area contributed by atoms with E-state index in [0.29, 0.717) is 18.4 Å². The first kappa shape index (κ1) is 18.5. The van der Waals surface area contributed by atoms with Crippen molar-refractivity contribution in [3.05, 3.63) is 35.7 Å². The van der Waals surface area contributed by atoms with E-state index < -0.39 is 30.2 Å². The summed E-state index contributed by atoms with van der Waals surface area (Å²) >= 11 is 0. The Kier molecular flexibility index (Phi) is 6.15. The highest BCUT2D eigenvalue weighted by molar-refractivity contribution is 5.96. The van der Waals surface area contributed by atoms with Gasteiger partial charge in [-0.3, -0.25) is 4.79 Å². The second kappa shape index (κ2) is 8.32. The van der Waals surface area contributed by atoms with Crippen LogP contribution in [0, 0.1) is 0 Å². The molecule has 2 aromatic rings. The highest BCUT2D eigenvalue weighted by Gasteiger charge is 2.21. The van der Waals surface area contributed by atoms with Gasteiger partial charge in [0.25, 0.3) is 11.8 Å².